The van der Waals surface area contributed by atoms with Gasteiger partial charge in [0.2, 0.25) is 0 Å². The third-order valence-electron chi connectivity index (χ3n) is 4.71. The number of pyridine rings is 1. The number of aromatic nitrogens is 1. The molecule has 1 amide bonds. The number of hydrogen-bond acceptors (Lipinski definition) is 2. The second-order valence-electron chi connectivity index (χ2n) is 6.64. The van der Waals surface area contributed by atoms with E-state index >= 15 is 0 Å². The van der Waals surface area contributed by atoms with Gasteiger partial charge < -0.3 is 10.3 Å². The number of hydrogen-bond donors (Lipinski definition) is 2. The molecule has 0 atom stereocenters. The Kier molecular flexibility index (Phi) is 5.14. The van der Waals surface area contributed by atoms with Gasteiger partial charge in [0, 0.05) is 11.7 Å². The maximum Gasteiger partial charge on any atom is 0.261 e. The molecule has 1 aromatic heterocycles. The molecule has 4 heteroatoms. The van der Waals surface area contributed by atoms with Crippen molar-refractivity contribution in [2.45, 2.75) is 51.5 Å². The lowest BCUT2D eigenvalue weighted by molar-refractivity contribution is 0.0932. The van der Waals surface area contributed by atoms with E-state index in [1.54, 1.807) is 12.1 Å². The van der Waals surface area contributed by atoms with Crippen LogP contribution in [0.4, 0.5) is 0 Å². The SMILES string of the molecule is Cc1ccc(-c2ccc(C(=O)NC3CCCCCC3)c(=O)[nH]2)cc1. The van der Waals surface area contributed by atoms with Gasteiger partial charge in [-0.05, 0) is 37.5 Å². The minimum atomic E-state index is -0.334. The molecule has 1 aliphatic rings. The molecule has 4 nitrogen and oxygen atoms in total. The lowest BCUT2D eigenvalue weighted by Gasteiger charge is -2.16. The van der Waals surface area contributed by atoms with E-state index in [0.29, 0.717) is 0 Å². The fraction of sp³-hybridized carbons (Fsp3) is 0.400. The van der Waals surface area contributed by atoms with Crippen LogP contribution in [0.15, 0.2) is 41.2 Å². The van der Waals surface area contributed by atoms with Gasteiger partial charge in [0.25, 0.3) is 11.5 Å². The van der Waals surface area contributed by atoms with Gasteiger partial charge in [-0.2, -0.15) is 0 Å². The van der Waals surface area contributed by atoms with Crippen molar-refractivity contribution in [3.8, 4) is 11.3 Å². The van der Waals surface area contributed by atoms with Crippen LogP contribution in [0.1, 0.15) is 54.4 Å². The molecular weight excluding hydrogens is 300 g/mol. The van der Waals surface area contributed by atoms with Crippen LogP contribution in [0.3, 0.4) is 0 Å². The van der Waals surface area contributed by atoms with E-state index in [2.05, 4.69) is 10.3 Å². The first-order valence-corrected chi connectivity index (χ1v) is 8.75. The van der Waals surface area contributed by atoms with Gasteiger partial charge in [-0.1, -0.05) is 55.5 Å². The summed E-state index contributed by atoms with van der Waals surface area (Å²) < 4.78 is 0. The Bertz CT molecular complexity index is 754. The van der Waals surface area contributed by atoms with Crippen molar-refractivity contribution < 1.29 is 4.79 Å². The Morgan fingerprint density at radius 3 is 2.29 bits per heavy atom. The van der Waals surface area contributed by atoms with Gasteiger partial charge in [-0.25, -0.2) is 0 Å². The molecule has 1 saturated carbocycles. The number of carbonyl (C=O) groups excluding carboxylic acids is 1. The van der Waals surface area contributed by atoms with Crippen molar-refractivity contribution in [3.63, 3.8) is 0 Å². The molecule has 1 heterocycles. The standard InChI is InChI=1S/C20H24N2O2/c1-14-8-10-15(11-9-14)18-13-12-17(20(24)22-18)19(23)21-16-6-4-2-3-5-7-16/h8-13,16H,2-7H2,1H3,(H,21,23)(H,22,24). The second-order valence-corrected chi connectivity index (χ2v) is 6.64. The van der Waals surface area contributed by atoms with Gasteiger partial charge in [0.05, 0.1) is 0 Å². The maximum absolute atomic E-state index is 12.4. The van der Waals surface area contributed by atoms with Gasteiger partial charge in [-0.15, -0.1) is 0 Å². The lowest BCUT2D eigenvalue weighted by Crippen LogP contribution is -2.37. The summed E-state index contributed by atoms with van der Waals surface area (Å²) in [4.78, 5) is 27.5. The van der Waals surface area contributed by atoms with Crippen molar-refractivity contribution in [1.82, 2.24) is 10.3 Å². The third-order valence-corrected chi connectivity index (χ3v) is 4.71. The van der Waals surface area contributed by atoms with E-state index in [1.165, 1.54) is 18.4 Å². The Balaban J connectivity index is 1.75. The van der Waals surface area contributed by atoms with Gasteiger partial charge in [-0.3, -0.25) is 9.59 Å². The number of carbonyl (C=O) groups is 1. The smallest absolute Gasteiger partial charge is 0.261 e. The van der Waals surface area contributed by atoms with Crippen LogP contribution >= 0.6 is 0 Å². The predicted molar refractivity (Wildman–Crippen MR) is 96.2 cm³/mol. The van der Waals surface area contributed by atoms with Crippen LogP contribution in [0.25, 0.3) is 11.3 Å². The highest BCUT2D eigenvalue weighted by molar-refractivity contribution is 5.94. The normalized spacial score (nSPS) is 15.7. The molecule has 126 valence electrons. The van der Waals surface area contributed by atoms with Crippen molar-refractivity contribution >= 4 is 5.91 Å². The fourth-order valence-electron chi connectivity index (χ4n) is 3.24. The Morgan fingerprint density at radius 2 is 1.67 bits per heavy atom. The summed E-state index contributed by atoms with van der Waals surface area (Å²) in [5.74, 6) is -0.265. The molecular formula is C20H24N2O2. The maximum atomic E-state index is 12.4. The van der Waals surface area contributed by atoms with E-state index in [0.717, 1.165) is 36.9 Å². The Morgan fingerprint density at radius 1 is 1.00 bits per heavy atom. The summed E-state index contributed by atoms with van der Waals surface area (Å²) >= 11 is 0. The first-order valence-electron chi connectivity index (χ1n) is 8.75. The first-order chi connectivity index (χ1) is 11.6. The van der Waals surface area contributed by atoms with Crippen LogP contribution < -0.4 is 10.9 Å². The van der Waals surface area contributed by atoms with Gasteiger partial charge in [0.15, 0.2) is 0 Å². The zero-order valence-electron chi connectivity index (χ0n) is 14.1. The molecule has 1 aliphatic carbocycles. The molecule has 0 spiro atoms. The van der Waals surface area contributed by atoms with Crippen LogP contribution in [-0.4, -0.2) is 16.9 Å². The number of nitrogens with one attached hydrogen (secondary N) is 2. The molecule has 2 N–H and O–H groups in total. The van der Waals surface area contributed by atoms with Crippen LogP contribution in [0, 0.1) is 6.92 Å². The first kappa shape index (κ1) is 16.5. The number of aromatic amines is 1. The zero-order chi connectivity index (χ0) is 16.9. The van der Waals surface area contributed by atoms with Crippen LogP contribution in [-0.2, 0) is 0 Å². The summed E-state index contributed by atoms with van der Waals surface area (Å²) in [6, 6.07) is 11.5. The quantitative estimate of drug-likeness (QED) is 0.844. The molecule has 3 rings (SSSR count). The molecule has 2 aromatic rings. The minimum absolute atomic E-state index is 0.190. The molecule has 0 radical (unpaired) electrons. The number of rotatable bonds is 3. The van der Waals surface area contributed by atoms with Crippen LogP contribution in [0.2, 0.25) is 0 Å². The highest BCUT2D eigenvalue weighted by Crippen LogP contribution is 2.18. The van der Waals surface area contributed by atoms with E-state index in [1.807, 2.05) is 31.2 Å². The second kappa shape index (κ2) is 7.47. The summed E-state index contributed by atoms with van der Waals surface area (Å²) in [5, 5.41) is 3.02. The average molecular weight is 324 g/mol. The summed E-state index contributed by atoms with van der Waals surface area (Å²) in [7, 11) is 0. The summed E-state index contributed by atoms with van der Waals surface area (Å²) in [6.07, 6.45) is 6.77. The van der Waals surface area contributed by atoms with Crippen molar-refractivity contribution in [1.29, 1.82) is 0 Å². The fourth-order valence-corrected chi connectivity index (χ4v) is 3.24. The lowest BCUT2D eigenvalue weighted by atomic mass is 10.1. The van der Waals surface area contributed by atoms with Crippen molar-refractivity contribution in [2.24, 2.45) is 0 Å². The number of aryl methyl sites for hydroxylation is 1. The molecule has 0 saturated heterocycles. The molecule has 24 heavy (non-hydrogen) atoms. The van der Waals surface area contributed by atoms with Crippen molar-refractivity contribution in [3.05, 3.63) is 57.9 Å². The molecule has 1 fully saturated rings. The molecule has 0 unspecified atom stereocenters. The van der Waals surface area contributed by atoms with Gasteiger partial charge >= 0.3 is 0 Å². The largest absolute Gasteiger partial charge is 0.349 e. The number of H-pyrrole nitrogens is 1. The molecule has 0 bridgehead atoms. The minimum Gasteiger partial charge on any atom is -0.349 e. The zero-order valence-corrected chi connectivity index (χ0v) is 14.1. The van der Waals surface area contributed by atoms with E-state index in [4.69, 9.17) is 0 Å². The van der Waals surface area contributed by atoms with E-state index in [9.17, 15) is 9.59 Å². The van der Waals surface area contributed by atoms with Crippen LogP contribution in [0.5, 0.6) is 0 Å². The Labute approximate surface area is 142 Å². The average Bonchev–Trinajstić information content (AvgIpc) is 2.84. The van der Waals surface area contributed by atoms with Crippen molar-refractivity contribution in [2.75, 3.05) is 0 Å². The molecule has 0 aliphatic heterocycles. The van der Waals surface area contributed by atoms with E-state index in [-0.39, 0.29) is 23.1 Å². The number of amides is 1. The third kappa shape index (κ3) is 3.94. The number of benzene rings is 1. The molecule has 1 aromatic carbocycles. The topological polar surface area (TPSA) is 62.0 Å². The highest BCUT2D eigenvalue weighted by atomic mass is 16.2. The Hall–Kier alpha value is -2.36. The highest BCUT2D eigenvalue weighted by Gasteiger charge is 2.18. The predicted octanol–water partition coefficient (Wildman–Crippen LogP) is 3.80. The van der Waals surface area contributed by atoms with E-state index < -0.39 is 0 Å². The summed E-state index contributed by atoms with van der Waals surface area (Å²) in [5.41, 5.74) is 2.69. The van der Waals surface area contributed by atoms with Gasteiger partial charge in [0.1, 0.15) is 5.56 Å². The monoisotopic (exact) mass is 324 g/mol. The summed E-state index contributed by atoms with van der Waals surface area (Å²) in [6.45, 7) is 2.02.